The van der Waals surface area contributed by atoms with Crippen molar-refractivity contribution in [2.24, 2.45) is 0 Å². The minimum Gasteiger partial charge on any atom is -0.464 e. The maximum absolute atomic E-state index is 11.4. The molecule has 0 aliphatic rings. The van der Waals surface area contributed by atoms with Crippen LogP contribution in [-0.4, -0.2) is 22.9 Å². The van der Waals surface area contributed by atoms with Crippen molar-refractivity contribution in [1.29, 1.82) is 0 Å². The van der Waals surface area contributed by atoms with E-state index in [1.54, 1.807) is 10.9 Å². The molecule has 17 heavy (non-hydrogen) atoms. The van der Waals surface area contributed by atoms with Gasteiger partial charge in [-0.15, -0.1) is 0 Å². The van der Waals surface area contributed by atoms with E-state index in [1.807, 2.05) is 31.2 Å². The number of benzene rings is 1. The molecule has 4 nitrogen and oxygen atoms in total. The Morgan fingerprint density at radius 3 is 2.76 bits per heavy atom. The van der Waals surface area contributed by atoms with Gasteiger partial charge in [-0.3, -0.25) is 0 Å². The summed E-state index contributed by atoms with van der Waals surface area (Å²) in [6.45, 7) is 1.96. The number of halogens is 1. The van der Waals surface area contributed by atoms with Crippen LogP contribution in [0.3, 0.4) is 0 Å². The van der Waals surface area contributed by atoms with E-state index in [9.17, 15) is 4.79 Å². The summed E-state index contributed by atoms with van der Waals surface area (Å²) in [4.78, 5) is 11.4. The van der Waals surface area contributed by atoms with E-state index in [4.69, 9.17) is 11.6 Å². The molecular weight excluding hydrogens is 240 g/mol. The zero-order valence-corrected chi connectivity index (χ0v) is 10.2. The minimum atomic E-state index is -0.540. The molecular formula is C12H11ClN2O2. The molecule has 0 unspecified atom stereocenters. The Labute approximate surface area is 104 Å². The molecule has 0 spiro atoms. The van der Waals surface area contributed by atoms with Crippen LogP contribution in [0.1, 0.15) is 16.1 Å². The zero-order valence-electron chi connectivity index (χ0n) is 9.48. The summed E-state index contributed by atoms with van der Waals surface area (Å²) >= 11 is 5.94. The first-order chi connectivity index (χ1) is 8.13. The maximum atomic E-state index is 11.4. The third-order valence-corrected chi connectivity index (χ3v) is 2.69. The standard InChI is InChI=1S/C12H11ClN2O2/c1-8-5-3-4-6-10(8)15-7-9(13)11(14-15)12(16)17-2/h3-7H,1-2H3. The van der Waals surface area contributed by atoms with Crippen LogP contribution < -0.4 is 0 Å². The second-order valence-electron chi connectivity index (χ2n) is 3.55. The lowest BCUT2D eigenvalue weighted by molar-refractivity contribution is 0.0593. The largest absolute Gasteiger partial charge is 0.464 e. The molecule has 1 aromatic heterocycles. The van der Waals surface area contributed by atoms with E-state index in [2.05, 4.69) is 9.84 Å². The van der Waals surface area contributed by atoms with Crippen LogP contribution in [0.4, 0.5) is 0 Å². The van der Waals surface area contributed by atoms with Gasteiger partial charge in [0.05, 0.1) is 24.0 Å². The summed E-state index contributed by atoms with van der Waals surface area (Å²) in [5, 5.41) is 4.40. The zero-order chi connectivity index (χ0) is 12.4. The van der Waals surface area contributed by atoms with Gasteiger partial charge in [0.15, 0.2) is 5.69 Å². The van der Waals surface area contributed by atoms with Gasteiger partial charge in [-0.25, -0.2) is 9.48 Å². The average molecular weight is 251 g/mol. The van der Waals surface area contributed by atoms with Gasteiger partial charge < -0.3 is 4.74 Å². The summed E-state index contributed by atoms with van der Waals surface area (Å²) < 4.78 is 6.17. The molecule has 2 rings (SSSR count). The maximum Gasteiger partial charge on any atom is 0.360 e. The third kappa shape index (κ3) is 2.17. The Kier molecular flexibility index (Phi) is 3.15. The van der Waals surface area contributed by atoms with Crippen molar-refractivity contribution in [3.8, 4) is 5.69 Å². The minimum absolute atomic E-state index is 0.123. The lowest BCUT2D eigenvalue weighted by Gasteiger charge is -2.04. The fraction of sp³-hybridized carbons (Fsp3) is 0.167. The first-order valence-electron chi connectivity index (χ1n) is 5.03. The predicted molar refractivity (Wildman–Crippen MR) is 64.7 cm³/mol. The molecule has 88 valence electrons. The van der Waals surface area contributed by atoms with E-state index in [0.29, 0.717) is 0 Å². The number of hydrogen-bond donors (Lipinski definition) is 0. The number of ether oxygens (including phenoxy) is 1. The molecule has 1 heterocycles. The number of para-hydroxylation sites is 1. The second kappa shape index (κ2) is 4.59. The summed E-state index contributed by atoms with van der Waals surface area (Å²) in [6.07, 6.45) is 1.59. The summed E-state index contributed by atoms with van der Waals surface area (Å²) in [7, 11) is 1.30. The molecule has 0 aliphatic heterocycles. The van der Waals surface area contributed by atoms with Gasteiger partial charge in [0, 0.05) is 0 Å². The lowest BCUT2D eigenvalue weighted by atomic mass is 10.2. The van der Waals surface area contributed by atoms with Crippen LogP contribution >= 0.6 is 11.6 Å². The van der Waals surface area contributed by atoms with Crippen LogP contribution in [0, 0.1) is 6.92 Å². The van der Waals surface area contributed by atoms with Crippen LogP contribution in [0.2, 0.25) is 5.02 Å². The van der Waals surface area contributed by atoms with Gasteiger partial charge in [-0.1, -0.05) is 29.8 Å². The van der Waals surface area contributed by atoms with Gasteiger partial charge >= 0.3 is 5.97 Å². The number of hydrogen-bond acceptors (Lipinski definition) is 3. The second-order valence-corrected chi connectivity index (χ2v) is 3.96. The number of nitrogens with zero attached hydrogens (tertiary/aromatic N) is 2. The van der Waals surface area contributed by atoms with E-state index in [0.717, 1.165) is 11.3 Å². The fourth-order valence-corrected chi connectivity index (χ4v) is 1.74. The van der Waals surface area contributed by atoms with Crippen LogP contribution in [-0.2, 0) is 4.74 Å². The Balaban J connectivity index is 2.49. The normalized spacial score (nSPS) is 10.3. The number of carbonyl (C=O) groups is 1. The van der Waals surface area contributed by atoms with Crippen molar-refractivity contribution < 1.29 is 9.53 Å². The molecule has 0 amide bonds. The monoisotopic (exact) mass is 250 g/mol. The van der Waals surface area contributed by atoms with Gasteiger partial charge in [0.2, 0.25) is 0 Å². The summed E-state index contributed by atoms with van der Waals surface area (Å²) in [6, 6.07) is 7.70. The molecule has 0 radical (unpaired) electrons. The van der Waals surface area contributed by atoms with Crippen LogP contribution in [0.25, 0.3) is 5.69 Å². The predicted octanol–water partition coefficient (Wildman–Crippen LogP) is 2.62. The first kappa shape index (κ1) is 11.7. The van der Waals surface area contributed by atoms with Crippen LogP contribution in [0.5, 0.6) is 0 Å². The van der Waals surface area contributed by atoms with Gasteiger partial charge in [-0.05, 0) is 18.6 Å². The van der Waals surface area contributed by atoms with E-state index < -0.39 is 5.97 Å². The highest BCUT2D eigenvalue weighted by Gasteiger charge is 2.16. The number of methoxy groups -OCH3 is 1. The van der Waals surface area contributed by atoms with Gasteiger partial charge in [0.25, 0.3) is 0 Å². The van der Waals surface area contributed by atoms with Crippen molar-refractivity contribution in [2.75, 3.05) is 7.11 Å². The average Bonchev–Trinajstić information content (AvgIpc) is 2.71. The number of carbonyl (C=O) groups excluding carboxylic acids is 1. The molecule has 5 heteroatoms. The fourth-order valence-electron chi connectivity index (χ4n) is 1.53. The van der Waals surface area contributed by atoms with E-state index >= 15 is 0 Å². The Morgan fingerprint density at radius 1 is 1.41 bits per heavy atom. The van der Waals surface area contributed by atoms with Gasteiger partial charge in [0.1, 0.15) is 0 Å². The Morgan fingerprint density at radius 2 is 2.12 bits per heavy atom. The van der Waals surface area contributed by atoms with Crippen LogP contribution in [0.15, 0.2) is 30.5 Å². The highest BCUT2D eigenvalue weighted by molar-refractivity contribution is 6.33. The molecule has 0 bridgehead atoms. The van der Waals surface area contributed by atoms with Gasteiger partial charge in [-0.2, -0.15) is 5.10 Å². The molecule has 0 saturated heterocycles. The first-order valence-corrected chi connectivity index (χ1v) is 5.40. The number of aryl methyl sites for hydroxylation is 1. The molecule has 2 aromatic rings. The van der Waals surface area contributed by atoms with Crippen molar-refractivity contribution in [1.82, 2.24) is 9.78 Å². The smallest absolute Gasteiger partial charge is 0.360 e. The number of esters is 1. The van der Waals surface area contributed by atoms with Crippen molar-refractivity contribution in [3.63, 3.8) is 0 Å². The van der Waals surface area contributed by atoms with Crippen molar-refractivity contribution >= 4 is 17.6 Å². The highest BCUT2D eigenvalue weighted by Crippen LogP contribution is 2.19. The third-order valence-electron chi connectivity index (χ3n) is 2.41. The van der Waals surface area contributed by atoms with E-state index in [-0.39, 0.29) is 10.7 Å². The SMILES string of the molecule is COC(=O)c1nn(-c2ccccc2C)cc1Cl. The molecule has 0 aliphatic carbocycles. The quantitative estimate of drug-likeness (QED) is 0.770. The molecule has 1 aromatic carbocycles. The molecule has 0 saturated carbocycles. The highest BCUT2D eigenvalue weighted by atomic mass is 35.5. The molecule has 0 N–H and O–H groups in total. The number of aromatic nitrogens is 2. The molecule has 0 fully saturated rings. The van der Waals surface area contributed by atoms with Crippen molar-refractivity contribution in [3.05, 3.63) is 46.7 Å². The topological polar surface area (TPSA) is 44.1 Å². The Hall–Kier alpha value is -1.81. The summed E-state index contributed by atoms with van der Waals surface area (Å²) in [5.74, 6) is -0.540. The lowest BCUT2D eigenvalue weighted by Crippen LogP contribution is -2.05. The summed E-state index contributed by atoms with van der Waals surface area (Å²) in [5.41, 5.74) is 2.05. The Bertz CT molecular complexity index is 563. The van der Waals surface area contributed by atoms with E-state index in [1.165, 1.54) is 7.11 Å². The number of rotatable bonds is 2. The molecule has 0 atom stereocenters. The van der Waals surface area contributed by atoms with Crippen molar-refractivity contribution in [2.45, 2.75) is 6.92 Å².